The average Bonchev–Trinajstić information content (AvgIpc) is 2.20. The zero-order valence-electron chi connectivity index (χ0n) is 8.41. The second kappa shape index (κ2) is 4.47. The molecule has 1 unspecified atom stereocenters. The van der Waals surface area contributed by atoms with Crippen molar-refractivity contribution in [2.45, 2.75) is 13.0 Å². The third kappa shape index (κ3) is 2.59. The molecule has 0 heterocycles. The van der Waals surface area contributed by atoms with Crippen LogP contribution in [0.4, 0.5) is 11.4 Å². The minimum absolute atomic E-state index is 0.000304. The molecule has 7 nitrogen and oxygen atoms in total. The van der Waals surface area contributed by atoms with Crippen LogP contribution in [-0.4, -0.2) is 22.1 Å². The van der Waals surface area contributed by atoms with Crippen LogP contribution < -0.4 is 10.5 Å². The number of rotatable bonds is 4. The van der Waals surface area contributed by atoms with E-state index in [9.17, 15) is 14.9 Å². The number of hydrogen-bond donors (Lipinski definition) is 2. The predicted molar refractivity (Wildman–Crippen MR) is 55.2 cm³/mol. The van der Waals surface area contributed by atoms with Crippen molar-refractivity contribution in [1.29, 1.82) is 0 Å². The summed E-state index contributed by atoms with van der Waals surface area (Å²) in [4.78, 5) is 20.4. The van der Waals surface area contributed by atoms with Crippen LogP contribution in [-0.2, 0) is 4.79 Å². The fourth-order valence-corrected chi connectivity index (χ4v) is 1.01. The number of anilines is 1. The van der Waals surface area contributed by atoms with E-state index in [1.54, 1.807) is 0 Å². The average molecular weight is 226 g/mol. The van der Waals surface area contributed by atoms with Gasteiger partial charge in [-0.25, -0.2) is 4.79 Å². The molecule has 86 valence electrons. The molecule has 0 aromatic heterocycles. The number of carboxylic acids is 1. The standard InChI is InChI=1S/C9H10N2O5/c1-5(9(12)13)16-6-2-3-7(10)8(4-6)11(14)15/h2-5H,10H2,1H3,(H,12,13). The first-order valence-electron chi connectivity index (χ1n) is 4.35. The Bertz CT molecular complexity index is 432. The number of benzene rings is 1. The summed E-state index contributed by atoms with van der Waals surface area (Å²) in [6.07, 6.45) is -1.08. The highest BCUT2D eigenvalue weighted by atomic mass is 16.6. The van der Waals surface area contributed by atoms with Crippen LogP contribution in [0.15, 0.2) is 18.2 Å². The molecule has 0 aliphatic carbocycles. The minimum atomic E-state index is -1.15. The van der Waals surface area contributed by atoms with Crippen LogP contribution in [0.3, 0.4) is 0 Å². The fourth-order valence-electron chi connectivity index (χ4n) is 1.01. The van der Waals surface area contributed by atoms with Crippen molar-refractivity contribution in [3.05, 3.63) is 28.3 Å². The van der Waals surface area contributed by atoms with Gasteiger partial charge in [0.05, 0.1) is 11.0 Å². The number of carbonyl (C=O) groups is 1. The van der Waals surface area contributed by atoms with Gasteiger partial charge in [-0.2, -0.15) is 0 Å². The number of nitrogens with zero attached hydrogens (tertiary/aromatic N) is 1. The molecule has 0 spiro atoms. The monoisotopic (exact) mass is 226 g/mol. The van der Waals surface area contributed by atoms with Gasteiger partial charge in [0, 0.05) is 0 Å². The lowest BCUT2D eigenvalue weighted by atomic mass is 10.2. The van der Waals surface area contributed by atoms with E-state index in [0.29, 0.717) is 0 Å². The molecule has 0 saturated carbocycles. The van der Waals surface area contributed by atoms with Gasteiger partial charge in [0.15, 0.2) is 6.10 Å². The highest BCUT2D eigenvalue weighted by Gasteiger charge is 2.16. The van der Waals surface area contributed by atoms with Gasteiger partial charge < -0.3 is 15.6 Å². The summed E-state index contributed by atoms with van der Waals surface area (Å²) in [7, 11) is 0. The summed E-state index contributed by atoms with van der Waals surface area (Å²) in [6, 6.07) is 3.76. The Balaban J connectivity index is 2.95. The van der Waals surface area contributed by atoms with Crippen molar-refractivity contribution >= 4 is 17.3 Å². The topological polar surface area (TPSA) is 116 Å². The van der Waals surface area contributed by atoms with Gasteiger partial charge >= 0.3 is 5.97 Å². The molecule has 1 rings (SSSR count). The minimum Gasteiger partial charge on any atom is -0.479 e. The first-order chi connectivity index (χ1) is 7.41. The number of hydrogen-bond acceptors (Lipinski definition) is 5. The van der Waals surface area contributed by atoms with Gasteiger partial charge in [-0.15, -0.1) is 0 Å². The van der Waals surface area contributed by atoms with E-state index in [2.05, 4.69) is 0 Å². The van der Waals surface area contributed by atoms with E-state index in [0.717, 1.165) is 6.07 Å². The smallest absolute Gasteiger partial charge is 0.344 e. The van der Waals surface area contributed by atoms with Gasteiger partial charge in [-0.05, 0) is 19.1 Å². The van der Waals surface area contributed by atoms with Crippen LogP contribution in [0.2, 0.25) is 0 Å². The lowest BCUT2D eigenvalue weighted by Crippen LogP contribution is -2.22. The summed E-state index contributed by atoms with van der Waals surface area (Å²) in [6.45, 7) is 1.32. The molecule has 0 fully saturated rings. The lowest BCUT2D eigenvalue weighted by Gasteiger charge is -2.10. The number of nitro benzene ring substituents is 1. The zero-order valence-corrected chi connectivity index (χ0v) is 8.41. The van der Waals surface area contributed by atoms with Gasteiger partial charge in [-0.3, -0.25) is 10.1 Å². The third-order valence-corrected chi connectivity index (χ3v) is 1.86. The molecule has 1 aromatic rings. The van der Waals surface area contributed by atoms with E-state index in [-0.39, 0.29) is 17.1 Å². The molecule has 1 atom stereocenters. The Morgan fingerprint density at radius 2 is 2.25 bits per heavy atom. The van der Waals surface area contributed by atoms with Crippen LogP contribution in [0, 0.1) is 10.1 Å². The normalized spacial score (nSPS) is 11.8. The lowest BCUT2D eigenvalue weighted by molar-refractivity contribution is -0.384. The SMILES string of the molecule is CC(Oc1ccc(N)c([N+](=O)[O-])c1)C(=O)O. The van der Waals surface area contributed by atoms with Crippen molar-refractivity contribution in [3.8, 4) is 5.75 Å². The Kier molecular flexibility index (Phi) is 3.29. The van der Waals surface area contributed by atoms with Crippen molar-refractivity contribution < 1.29 is 19.6 Å². The number of aliphatic carboxylic acids is 1. The van der Waals surface area contributed by atoms with Gasteiger partial charge in [0.25, 0.3) is 5.69 Å². The highest BCUT2D eigenvalue weighted by Crippen LogP contribution is 2.26. The molecule has 0 saturated heterocycles. The fraction of sp³-hybridized carbons (Fsp3) is 0.222. The molecule has 0 bridgehead atoms. The van der Waals surface area contributed by atoms with Crippen LogP contribution in [0.5, 0.6) is 5.75 Å². The maximum Gasteiger partial charge on any atom is 0.344 e. The maximum absolute atomic E-state index is 10.5. The molecule has 3 N–H and O–H groups in total. The zero-order chi connectivity index (χ0) is 12.3. The molecule has 7 heteroatoms. The van der Waals surface area contributed by atoms with Crippen LogP contribution in [0.1, 0.15) is 6.92 Å². The third-order valence-electron chi connectivity index (χ3n) is 1.86. The predicted octanol–water partition coefficient (Wildman–Crippen LogP) is 1.03. The maximum atomic E-state index is 10.5. The molecular weight excluding hydrogens is 216 g/mol. The molecule has 1 aromatic carbocycles. The Hall–Kier alpha value is -2.31. The van der Waals surface area contributed by atoms with Gasteiger partial charge in [0.1, 0.15) is 11.4 Å². The molecule has 0 amide bonds. The number of carboxylic acid groups (broad SMARTS) is 1. The first kappa shape index (κ1) is 11.8. The molecular formula is C9H10N2O5. The Morgan fingerprint density at radius 1 is 1.62 bits per heavy atom. The second-order valence-corrected chi connectivity index (χ2v) is 3.08. The van der Waals surface area contributed by atoms with E-state index in [1.165, 1.54) is 19.1 Å². The van der Waals surface area contributed by atoms with Crippen LogP contribution in [0.25, 0.3) is 0 Å². The number of nitrogen functional groups attached to an aromatic ring is 1. The van der Waals surface area contributed by atoms with Crippen molar-refractivity contribution in [2.75, 3.05) is 5.73 Å². The molecule has 16 heavy (non-hydrogen) atoms. The summed E-state index contributed by atoms with van der Waals surface area (Å²) in [5, 5.41) is 19.1. The first-order valence-corrected chi connectivity index (χ1v) is 4.35. The molecule has 0 aliphatic heterocycles. The number of ether oxygens (including phenoxy) is 1. The van der Waals surface area contributed by atoms with Crippen molar-refractivity contribution in [3.63, 3.8) is 0 Å². The summed E-state index contributed by atoms with van der Waals surface area (Å²) < 4.78 is 4.96. The molecule has 0 aliphatic rings. The van der Waals surface area contributed by atoms with E-state index in [4.69, 9.17) is 15.6 Å². The summed E-state index contributed by atoms with van der Waals surface area (Å²) in [5.74, 6) is -1.06. The van der Waals surface area contributed by atoms with Crippen molar-refractivity contribution in [1.82, 2.24) is 0 Å². The summed E-state index contributed by atoms with van der Waals surface area (Å²) >= 11 is 0. The second-order valence-electron chi connectivity index (χ2n) is 3.08. The highest BCUT2D eigenvalue weighted by molar-refractivity contribution is 5.72. The van der Waals surface area contributed by atoms with E-state index >= 15 is 0 Å². The Morgan fingerprint density at radius 3 is 2.75 bits per heavy atom. The van der Waals surface area contributed by atoms with E-state index in [1.807, 2.05) is 0 Å². The quantitative estimate of drug-likeness (QED) is 0.450. The van der Waals surface area contributed by atoms with E-state index < -0.39 is 17.0 Å². The molecule has 0 radical (unpaired) electrons. The Labute approximate surface area is 90.6 Å². The van der Waals surface area contributed by atoms with Gasteiger partial charge in [-0.1, -0.05) is 0 Å². The van der Waals surface area contributed by atoms with Gasteiger partial charge in [0.2, 0.25) is 0 Å². The van der Waals surface area contributed by atoms with Crippen molar-refractivity contribution in [2.24, 2.45) is 0 Å². The summed E-state index contributed by atoms with van der Waals surface area (Å²) in [5.41, 5.74) is 5.06. The van der Waals surface area contributed by atoms with Crippen LogP contribution >= 0.6 is 0 Å². The number of nitro groups is 1. The largest absolute Gasteiger partial charge is 0.479 e. The number of nitrogens with two attached hydrogens (primary N) is 1.